The minimum atomic E-state index is -0.468. The lowest BCUT2D eigenvalue weighted by molar-refractivity contribution is 0.352. The molecule has 0 spiro atoms. The Morgan fingerprint density at radius 3 is 2.72 bits per heavy atom. The van der Waals surface area contributed by atoms with Crippen molar-refractivity contribution in [3.63, 3.8) is 0 Å². The predicted octanol–water partition coefficient (Wildman–Crippen LogP) is 1.58. The second-order valence-electron chi connectivity index (χ2n) is 7.05. The first-order valence-electron chi connectivity index (χ1n) is 8.56. The quantitative estimate of drug-likeness (QED) is 0.746. The van der Waals surface area contributed by atoms with Gasteiger partial charge in [-0.1, -0.05) is 18.0 Å². The van der Waals surface area contributed by atoms with Gasteiger partial charge in [-0.15, -0.1) is 0 Å². The molecule has 3 N–H and O–H groups in total. The molecule has 25 heavy (non-hydrogen) atoms. The molecular weight excluding hydrogens is 320 g/mol. The Morgan fingerprint density at radius 1 is 1.28 bits per heavy atom. The number of H-pyrrole nitrogens is 1. The molecule has 3 heterocycles. The number of nitrogens with two attached hydrogens (primary N) is 1. The van der Waals surface area contributed by atoms with Gasteiger partial charge in [0.1, 0.15) is 0 Å². The van der Waals surface area contributed by atoms with E-state index in [4.69, 9.17) is 10.3 Å². The van der Waals surface area contributed by atoms with Crippen molar-refractivity contribution in [3.8, 4) is 0 Å². The van der Waals surface area contributed by atoms with Crippen LogP contribution in [0, 0.1) is 13.8 Å². The van der Waals surface area contributed by atoms with E-state index < -0.39 is 5.54 Å². The lowest BCUT2D eigenvalue weighted by atomic mass is 9.98. The molecule has 1 aliphatic carbocycles. The van der Waals surface area contributed by atoms with Crippen molar-refractivity contribution >= 4 is 11.0 Å². The maximum Gasteiger partial charge on any atom is 0.273 e. The van der Waals surface area contributed by atoms with Gasteiger partial charge < -0.3 is 10.3 Å². The van der Waals surface area contributed by atoms with Gasteiger partial charge in [-0.25, -0.2) is 4.98 Å². The van der Waals surface area contributed by atoms with Crippen LogP contribution in [0.4, 0.5) is 0 Å². The summed E-state index contributed by atoms with van der Waals surface area (Å²) in [5.74, 6) is 1.09. The molecule has 0 bridgehead atoms. The summed E-state index contributed by atoms with van der Waals surface area (Å²) in [6.45, 7) is 3.86. The molecule has 1 aliphatic rings. The standard InChI is InChI=1S/C17H22N6O2/c1-9-11(10(2)19-14-13(9)15(24)21-23(14)3)8-12-20-16(22-25-12)17(18)6-4-5-7-17/h4-8,18H2,1-3H3,(H,21,24). The van der Waals surface area contributed by atoms with E-state index in [2.05, 4.69) is 20.2 Å². The molecule has 0 saturated heterocycles. The van der Waals surface area contributed by atoms with Crippen LogP contribution in [0.5, 0.6) is 0 Å². The van der Waals surface area contributed by atoms with Gasteiger partial charge in [-0.2, -0.15) is 4.98 Å². The topological polar surface area (TPSA) is 116 Å². The van der Waals surface area contributed by atoms with Crippen molar-refractivity contribution in [1.29, 1.82) is 0 Å². The molecule has 8 heteroatoms. The molecule has 0 aromatic carbocycles. The summed E-state index contributed by atoms with van der Waals surface area (Å²) in [6.07, 6.45) is 4.40. The van der Waals surface area contributed by atoms with E-state index >= 15 is 0 Å². The maximum absolute atomic E-state index is 12.2. The SMILES string of the molecule is Cc1nc2c(c(C)c1Cc1nc(C3(N)CCCC3)no1)c(=O)[nH]n2C. The van der Waals surface area contributed by atoms with Crippen molar-refractivity contribution in [2.75, 3.05) is 0 Å². The molecule has 0 aliphatic heterocycles. The Labute approximate surface area is 144 Å². The van der Waals surface area contributed by atoms with Gasteiger partial charge in [-0.05, 0) is 37.8 Å². The average molecular weight is 342 g/mol. The number of rotatable bonds is 3. The highest BCUT2D eigenvalue weighted by Crippen LogP contribution is 2.34. The first kappa shape index (κ1) is 16.0. The summed E-state index contributed by atoms with van der Waals surface area (Å²) in [7, 11) is 1.78. The predicted molar refractivity (Wildman–Crippen MR) is 92.2 cm³/mol. The Morgan fingerprint density at radius 2 is 2.00 bits per heavy atom. The third-order valence-corrected chi connectivity index (χ3v) is 5.31. The highest BCUT2D eigenvalue weighted by atomic mass is 16.5. The van der Waals surface area contributed by atoms with E-state index in [0.717, 1.165) is 42.5 Å². The normalized spacial score (nSPS) is 16.8. The van der Waals surface area contributed by atoms with Gasteiger partial charge in [0.25, 0.3) is 5.56 Å². The second-order valence-corrected chi connectivity index (χ2v) is 7.05. The molecule has 3 aromatic heterocycles. The zero-order valence-corrected chi connectivity index (χ0v) is 14.7. The molecule has 132 valence electrons. The number of pyridine rings is 1. The van der Waals surface area contributed by atoms with Crippen molar-refractivity contribution in [3.05, 3.63) is 38.9 Å². The number of fused-ring (bicyclic) bond motifs is 1. The average Bonchev–Trinajstić information content (AvgIpc) is 3.25. The molecule has 1 saturated carbocycles. The van der Waals surface area contributed by atoms with Crippen molar-refractivity contribution in [2.45, 2.75) is 51.5 Å². The van der Waals surface area contributed by atoms with Crippen LogP contribution in [-0.2, 0) is 19.0 Å². The first-order valence-corrected chi connectivity index (χ1v) is 8.56. The summed E-state index contributed by atoms with van der Waals surface area (Å²) in [5.41, 5.74) is 9.14. The summed E-state index contributed by atoms with van der Waals surface area (Å²) < 4.78 is 7.09. The van der Waals surface area contributed by atoms with E-state index in [-0.39, 0.29) is 5.56 Å². The van der Waals surface area contributed by atoms with Gasteiger partial charge in [0, 0.05) is 12.7 Å². The monoisotopic (exact) mass is 342 g/mol. The van der Waals surface area contributed by atoms with Gasteiger partial charge in [-0.3, -0.25) is 14.6 Å². The first-order chi connectivity index (χ1) is 11.9. The molecule has 1 fully saturated rings. The van der Waals surface area contributed by atoms with Crippen molar-refractivity contribution in [2.24, 2.45) is 12.8 Å². The third-order valence-electron chi connectivity index (χ3n) is 5.31. The molecule has 4 rings (SSSR count). The summed E-state index contributed by atoms with van der Waals surface area (Å²) in [4.78, 5) is 21.3. The molecule has 0 amide bonds. The van der Waals surface area contributed by atoms with Crippen molar-refractivity contribution in [1.82, 2.24) is 24.9 Å². The molecule has 0 radical (unpaired) electrons. The van der Waals surface area contributed by atoms with Gasteiger partial charge in [0.2, 0.25) is 5.89 Å². The summed E-state index contributed by atoms with van der Waals surface area (Å²) in [6, 6.07) is 0. The van der Waals surface area contributed by atoms with Crippen LogP contribution < -0.4 is 11.3 Å². The molecule has 8 nitrogen and oxygen atoms in total. The van der Waals surface area contributed by atoms with E-state index in [1.807, 2.05) is 13.8 Å². The number of nitrogens with zero attached hydrogens (tertiary/aromatic N) is 4. The van der Waals surface area contributed by atoms with Gasteiger partial charge >= 0.3 is 0 Å². The highest BCUT2D eigenvalue weighted by molar-refractivity contribution is 5.80. The minimum Gasteiger partial charge on any atom is -0.339 e. The fraction of sp³-hybridized carbons (Fsp3) is 0.529. The third kappa shape index (κ3) is 2.48. The zero-order chi connectivity index (χ0) is 17.8. The highest BCUT2D eigenvalue weighted by Gasteiger charge is 2.36. The van der Waals surface area contributed by atoms with Crippen LogP contribution in [0.3, 0.4) is 0 Å². The van der Waals surface area contributed by atoms with Crippen molar-refractivity contribution < 1.29 is 4.52 Å². The van der Waals surface area contributed by atoms with Crippen LogP contribution in [0.25, 0.3) is 11.0 Å². The number of hydrogen-bond donors (Lipinski definition) is 2. The Hall–Kier alpha value is -2.48. The van der Waals surface area contributed by atoms with Crippen LogP contribution in [0.15, 0.2) is 9.32 Å². The van der Waals surface area contributed by atoms with Gasteiger partial charge in [0.15, 0.2) is 11.5 Å². The largest absolute Gasteiger partial charge is 0.339 e. The number of aryl methyl sites for hydroxylation is 3. The summed E-state index contributed by atoms with van der Waals surface area (Å²) in [5, 5.41) is 7.46. The number of hydrogen-bond acceptors (Lipinski definition) is 6. The van der Waals surface area contributed by atoms with E-state index in [0.29, 0.717) is 29.2 Å². The number of aromatic nitrogens is 5. The number of nitrogens with one attached hydrogen (secondary N) is 1. The Bertz CT molecular complexity index is 1010. The smallest absolute Gasteiger partial charge is 0.273 e. The van der Waals surface area contributed by atoms with E-state index in [9.17, 15) is 4.79 Å². The minimum absolute atomic E-state index is 0.137. The molecule has 3 aromatic rings. The fourth-order valence-electron chi connectivity index (χ4n) is 3.82. The lowest BCUT2D eigenvalue weighted by Crippen LogP contribution is -2.34. The van der Waals surface area contributed by atoms with Crippen LogP contribution >= 0.6 is 0 Å². The van der Waals surface area contributed by atoms with E-state index in [1.54, 1.807) is 11.7 Å². The van der Waals surface area contributed by atoms with Crippen LogP contribution in [-0.4, -0.2) is 24.9 Å². The molecule has 0 unspecified atom stereocenters. The fourth-order valence-corrected chi connectivity index (χ4v) is 3.82. The maximum atomic E-state index is 12.2. The molecular formula is C17H22N6O2. The second kappa shape index (κ2) is 5.52. The molecule has 0 atom stereocenters. The summed E-state index contributed by atoms with van der Waals surface area (Å²) >= 11 is 0. The van der Waals surface area contributed by atoms with E-state index in [1.165, 1.54) is 0 Å². The zero-order valence-electron chi connectivity index (χ0n) is 14.7. The lowest BCUT2D eigenvalue weighted by Gasteiger charge is -2.17. The number of aromatic amines is 1. The van der Waals surface area contributed by atoms with Gasteiger partial charge in [0.05, 0.1) is 17.3 Å². The Balaban J connectivity index is 1.73. The van der Waals surface area contributed by atoms with Crippen LogP contribution in [0.1, 0.15) is 54.2 Å². The van der Waals surface area contributed by atoms with Crippen LogP contribution in [0.2, 0.25) is 0 Å². The Kier molecular flexibility index (Phi) is 3.54.